The van der Waals surface area contributed by atoms with Crippen molar-refractivity contribution < 1.29 is 22.4 Å². The van der Waals surface area contributed by atoms with Crippen molar-refractivity contribution in [2.24, 2.45) is 0 Å². The average Bonchev–Trinajstić information content (AvgIpc) is 3.37. The number of nitrogens with one attached hydrogen (secondary N) is 2. The lowest BCUT2D eigenvalue weighted by molar-refractivity contribution is -0.124. The number of hydrogen-bond donors (Lipinski definition) is 2. The van der Waals surface area contributed by atoms with Gasteiger partial charge in [-0.05, 0) is 65.9 Å². The van der Waals surface area contributed by atoms with E-state index in [1.54, 1.807) is 81.0 Å². The molecule has 4 aromatic rings. The van der Waals surface area contributed by atoms with Crippen molar-refractivity contribution in [3.05, 3.63) is 102 Å². The summed E-state index contributed by atoms with van der Waals surface area (Å²) in [5.74, 6) is -0.182. The number of H-pyrrole nitrogens is 1. The number of likely N-dealkylation sites (tertiary alicyclic amines) is 1. The molecule has 2 N–H and O–H groups in total. The number of piperidine rings is 1. The van der Waals surface area contributed by atoms with Gasteiger partial charge in [-0.15, -0.1) is 5.10 Å². The number of fused-ring (bicyclic) bond motifs is 1. The van der Waals surface area contributed by atoms with Gasteiger partial charge in [0.2, 0.25) is 11.9 Å². The maximum Gasteiger partial charge on any atom is 0.393 e. The van der Waals surface area contributed by atoms with Gasteiger partial charge in [0.1, 0.15) is 5.82 Å². The van der Waals surface area contributed by atoms with Crippen molar-refractivity contribution in [3.63, 3.8) is 0 Å². The molecule has 1 fully saturated rings. The van der Waals surface area contributed by atoms with Crippen LogP contribution in [0.2, 0.25) is 0 Å². The highest BCUT2D eigenvalue weighted by Gasteiger charge is 2.32. The van der Waals surface area contributed by atoms with E-state index in [9.17, 15) is 22.4 Å². The molecule has 11 heteroatoms. The number of benzene rings is 2. The molecule has 0 aliphatic carbocycles. The monoisotopic (exact) mass is 606 g/mol. The van der Waals surface area contributed by atoms with Crippen LogP contribution in [0.15, 0.2) is 79.0 Å². The normalized spacial score (nSPS) is 16.7. The molecule has 0 radical (unpaired) electrons. The van der Waals surface area contributed by atoms with E-state index in [1.807, 2.05) is 6.08 Å². The highest BCUT2D eigenvalue weighted by molar-refractivity contribution is 6.00. The van der Waals surface area contributed by atoms with Crippen molar-refractivity contribution >= 4 is 33.8 Å². The number of anilines is 1. The second-order valence-electron chi connectivity index (χ2n) is 11.1. The molecule has 0 saturated carbocycles. The molecular weight excluding hydrogens is 572 g/mol. The summed E-state index contributed by atoms with van der Waals surface area (Å²) in [5.41, 5.74) is 2.14. The Balaban J connectivity index is 1.45. The summed E-state index contributed by atoms with van der Waals surface area (Å²) < 4.78 is 56.4. The third kappa shape index (κ3) is 7.71. The van der Waals surface area contributed by atoms with Crippen LogP contribution in [0, 0.1) is 5.95 Å². The molecule has 0 unspecified atom stereocenters. The fourth-order valence-corrected chi connectivity index (χ4v) is 5.45. The zero-order valence-electron chi connectivity index (χ0n) is 24.5. The zero-order valence-corrected chi connectivity index (χ0v) is 24.5. The van der Waals surface area contributed by atoms with E-state index in [4.69, 9.17) is 0 Å². The van der Waals surface area contributed by atoms with E-state index in [-0.39, 0.29) is 22.9 Å². The van der Waals surface area contributed by atoms with Gasteiger partial charge < -0.3 is 10.2 Å². The molecule has 2 aromatic carbocycles. The summed E-state index contributed by atoms with van der Waals surface area (Å²) >= 11 is 0. The van der Waals surface area contributed by atoms with Crippen LogP contribution in [0.1, 0.15) is 36.0 Å². The van der Waals surface area contributed by atoms with Gasteiger partial charge in [0.15, 0.2) is 0 Å². The first-order valence-corrected chi connectivity index (χ1v) is 14.4. The lowest BCUT2D eigenvalue weighted by atomic mass is 9.88. The number of alkyl halides is 3. The minimum atomic E-state index is -4.49. The van der Waals surface area contributed by atoms with E-state index >= 15 is 0 Å². The van der Waals surface area contributed by atoms with Gasteiger partial charge >= 0.3 is 6.18 Å². The van der Waals surface area contributed by atoms with Gasteiger partial charge in [0.25, 0.3) is 0 Å². The first-order valence-electron chi connectivity index (χ1n) is 14.4. The minimum absolute atomic E-state index is 0.0603. The topological polar surface area (TPSA) is 77.2 Å². The molecule has 1 aliphatic rings. The van der Waals surface area contributed by atoms with E-state index in [0.717, 1.165) is 25.9 Å². The Morgan fingerprint density at radius 3 is 2.57 bits per heavy atom. The molecule has 44 heavy (non-hydrogen) atoms. The highest BCUT2D eigenvalue weighted by Crippen LogP contribution is 2.40. The Labute approximate surface area is 253 Å². The van der Waals surface area contributed by atoms with Crippen molar-refractivity contribution in [1.82, 2.24) is 25.0 Å². The first kappa shape index (κ1) is 30.9. The van der Waals surface area contributed by atoms with Gasteiger partial charge in [-0.3, -0.25) is 14.8 Å². The van der Waals surface area contributed by atoms with Crippen molar-refractivity contribution in [2.45, 2.75) is 31.5 Å². The Morgan fingerprint density at radius 2 is 1.86 bits per heavy atom. The van der Waals surface area contributed by atoms with Crippen LogP contribution in [0.25, 0.3) is 22.0 Å². The van der Waals surface area contributed by atoms with E-state index in [1.165, 1.54) is 11.0 Å². The SMILES string of the molecule is CN(C)C(=O)C=CCN1CCC[C@@H](Nc2ccc(/C(=C(/CC(F)(F)F)c3ccccc3)c3ccc4[nH]nc(F)c4c3)cn2)C1. The van der Waals surface area contributed by atoms with Crippen LogP contribution >= 0.6 is 0 Å². The molecular formula is C33H34F4N6O. The minimum Gasteiger partial charge on any atom is -0.366 e. The second kappa shape index (κ2) is 13.4. The fourth-order valence-electron chi connectivity index (χ4n) is 5.45. The summed E-state index contributed by atoms with van der Waals surface area (Å²) in [6.07, 6.45) is 1.24. The zero-order chi connectivity index (χ0) is 31.3. The average molecular weight is 607 g/mol. The third-order valence-corrected chi connectivity index (χ3v) is 7.58. The smallest absolute Gasteiger partial charge is 0.366 e. The standard InChI is InChI=1S/C33H34F4N6O/c1-42(2)30(44)11-7-17-43-16-6-10-25(21-43)39-29-15-13-24(20-38-29)31(23-12-14-28-26(18-23)32(34)41-40-28)27(19-33(35,36)37)22-8-4-3-5-9-22/h3-5,7-9,11-15,18,20,25H,6,10,16-17,19,21H2,1-2H3,(H,38,39)(H,40,41)/b11-7?,31-27-/t25-/m1/s1. The Morgan fingerprint density at radius 1 is 1.09 bits per heavy atom. The van der Waals surface area contributed by atoms with Crippen LogP contribution in [-0.2, 0) is 4.79 Å². The number of hydrogen-bond acceptors (Lipinski definition) is 5. The number of carbonyl (C=O) groups is 1. The molecule has 0 bridgehead atoms. The molecule has 0 spiro atoms. The van der Waals surface area contributed by atoms with E-state index in [2.05, 4.69) is 25.4 Å². The maximum absolute atomic E-state index is 14.4. The highest BCUT2D eigenvalue weighted by atomic mass is 19.4. The summed E-state index contributed by atoms with van der Waals surface area (Å²) in [7, 11) is 3.42. The van der Waals surface area contributed by atoms with Crippen LogP contribution < -0.4 is 5.32 Å². The molecule has 1 amide bonds. The number of rotatable bonds is 9. The van der Waals surface area contributed by atoms with Crippen LogP contribution in [-0.4, -0.2) is 76.8 Å². The van der Waals surface area contributed by atoms with Gasteiger partial charge in [-0.2, -0.15) is 17.6 Å². The summed E-state index contributed by atoms with van der Waals surface area (Å²) in [5, 5.41) is 9.84. The van der Waals surface area contributed by atoms with Gasteiger partial charge in [-0.1, -0.05) is 42.5 Å². The quantitative estimate of drug-likeness (QED) is 0.129. The molecule has 1 aliphatic heterocycles. The Hall–Kier alpha value is -4.51. The van der Waals surface area contributed by atoms with Crippen LogP contribution in [0.4, 0.5) is 23.4 Å². The number of pyridine rings is 1. The summed E-state index contributed by atoms with van der Waals surface area (Å²) in [4.78, 5) is 20.2. The molecule has 7 nitrogen and oxygen atoms in total. The lowest BCUT2D eigenvalue weighted by Crippen LogP contribution is -2.42. The predicted molar refractivity (Wildman–Crippen MR) is 164 cm³/mol. The number of aromatic nitrogens is 3. The van der Waals surface area contributed by atoms with Gasteiger partial charge in [0, 0.05) is 51.1 Å². The lowest BCUT2D eigenvalue weighted by Gasteiger charge is -2.32. The number of halogens is 4. The molecule has 1 saturated heterocycles. The van der Waals surface area contributed by atoms with Crippen molar-refractivity contribution in [3.8, 4) is 0 Å². The predicted octanol–water partition coefficient (Wildman–Crippen LogP) is 6.53. The number of allylic oxidation sites excluding steroid dienone is 1. The molecule has 2 aromatic heterocycles. The number of amides is 1. The number of nitrogens with zero attached hydrogens (tertiary/aromatic N) is 4. The van der Waals surface area contributed by atoms with E-state index in [0.29, 0.717) is 40.1 Å². The maximum atomic E-state index is 14.4. The molecule has 230 valence electrons. The molecule has 3 heterocycles. The van der Waals surface area contributed by atoms with Crippen molar-refractivity contribution in [1.29, 1.82) is 0 Å². The second-order valence-corrected chi connectivity index (χ2v) is 11.1. The molecule has 5 rings (SSSR count). The van der Waals surface area contributed by atoms with Crippen LogP contribution in [0.3, 0.4) is 0 Å². The largest absolute Gasteiger partial charge is 0.393 e. The summed E-state index contributed by atoms with van der Waals surface area (Å²) in [6, 6.07) is 16.8. The third-order valence-electron chi connectivity index (χ3n) is 7.58. The Kier molecular flexibility index (Phi) is 9.43. The van der Waals surface area contributed by atoms with Gasteiger partial charge in [0.05, 0.1) is 17.3 Å². The molecule has 1 atom stereocenters. The van der Waals surface area contributed by atoms with Crippen molar-refractivity contribution in [2.75, 3.05) is 39.0 Å². The summed E-state index contributed by atoms with van der Waals surface area (Å²) in [6.45, 7) is 2.33. The number of carbonyl (C=O) groups excluding carboxylic acids is 1. The van der Waals surface area contributed by atoms with Crippen LogP contribution in [0.5, 0.6) is 0 Å². The van der Waals surface area contributed by atoms with Gasteiger partial charge in [-0.25, -0.2) is 4.98 Å². The van der Waals surface area contributed by atoms with E-state index < -0.39 is 18.5 Å². The number of likely N-dealkylation sites (N-methyl/N-ethyl adjacent to an activating group) is 1. The Bertz CT molecular complexity index is 1640. The fraction of sp³-hybridized carbons (Fsp3) is 0.303. The first-order chi connectivity index (χ1) is 21.1. The number of aromatic amines is 1.